The first-order valence-electron chi connectivity index (χ1n) is 8.27. The van der Waals surface area contributed by atoms with E-state index >= 15 is 0 Å². The first-order chi connectivity index (χ1) is 12.6. The zero-order chi connectivity index (χ0) is 20.2. The number of primary sulfonamides is 1. The number of aryl methyl sites for hydroxylation is 1. The normalized spacial score (nSPS) is 11.4. The van der Waals surface area contributed by atoms with Crippen molar-refractivity contribution in [3.05, 3.63) is 57.6 Å². The van der Waals surface area contributed by atoms with Gasteiger partial charge in [0.15, 0.2) is 5.75 Å². The fourth-order valence-corrected chi connectivity index (χ4v) is 3.17. The van der Waals surface area contributed by atoms with Crippen molar-refractivity contribution in [3.8, 4) is 11.5 Å². The van der Waals surface area contributed by atoms with Crippen molar-refractivity contribution >= 4 is 15.7 Å². The van der Waals surface area contributed by atoms with Gasteiger partial charge in [-0.15, -0.1) is 0 Å². The molecule has 2 N–H and O–H groups in total. The van der Waals surface area contributed by atoms with Crippen molar-refractivity contribution < 1.29 is 22.8 Å². The maximum Gasteiger partial charge on any atom is 0.312 e. The van der Waals surface area contributed by atoms with Crippen LogP contribution in [0.5, 0.6) is 11.5 Å². The average molecular weight is 394 g/mol. The van der Waals surface area contributed by atoms with Crippen molar-refractivity contribution in [1.29, 1.82) is 0 Å². The van der Waals surface area contributed by atoms with E-state index in [9.17, 15) is 18.5 Å². The van der Waals surface area contributed by atoms with Crippen LogP contribution in [-0.4, -0.2) is 26.6 Å². The van der Waals surface area contributed by atoms with Gasteiger partial charge in [-0.05, 0) is 48.2 Å². The molecular weight excluding hydrogens is 372 g/mol. The Bertz CT molecular complexity index is 941. The molecule has 0 amide bonds. The highest BCUT2D eigenvalue weighted by molar-refractivity contribution is 7.89. The lowest BCUT2D eigenvalue weighted by Crippen LogP contribution is -2.13. The van der Waals surface area contributed by atoms with Crippen LogP contribution in [0.3, 0.4) is 0 Å². The van der Waals surface area contributed by atoms with Crippen LogP contribution in [-0.2, 0) is 10.0 Å². The highest BCUT2D eigenvalue weighted by Crippen LogP contribution is 2.29. The summed E-state index contributed by atoms with van der Waals surface area (Å²) in [5.74, 6) is 1.05. The van der Waals surface area contributed by atoms with E-state index in [2.05, 4.69) is 13.8 Å². The third kappa shape index (κ3) is 5.41. The predicted octanol–water partition coefficient (Wildman–Crippen LogP) is 3.13. The zero-order valence-corrected chi connectivity index (χ0v) is 16.2. The van der Waals surface area contributed by atoms with Gasteiger partial charge >= 0.3 is 5.69 Å². The largest absolute Gasteiger partial charge is 0.490 e. The molecule has 2 aromatic rings. The molecule has 146 valence electrons. The van der Waals surface area contributed by atoms with Crippen LogP contribution in [0.25, 0.3) is 0 Å². The molecule has 0 aromatic heterocycles. The molecule has 0 heterocycles. The highest BCUT2D eigenvalue weighted by atomic mass is 32.2. The predicted molar refractivity (Wildman–Crippen MR) is 101 cm³/mol. The van der Waals surface area contributed by atoms with Gasteiger partial charge in [-0.25, -0.2) is 13.6 Å². The Morgan fingerprint density at radius 3 is 2.33 bits per heavy atom. The summed E-state index contributed by atoms with van der Waals surface area (Å²) >= 11 is 0. The van der Waals surface area contributed by atoms with Crippen molar-refractivity contribution in [3.63, 3.8) is 0 Å². The molecule has 2 aromatic carbocycles. The number of nitro benzene ring substituents is 1. The van der Waals surface area contributed by atoms with E-state index < -0.39 is 20.6 Å². The van der Waals surface area contributed by atoms with E-state index in [1.54, 1.807) is 0 Å². The summed E-state index contributed by atoms with van der Waals surface area (Å²) in [5.41, 5.74) is 1.89. The smallest absolute Gasteiger partial charge is 0.312 e. The molecule has 0 fully saturated rings. The minimum atomic E-state index is -4.04. The van der Waals surface area contributed by atoms with E-state index in [1.807, 2.05) is 25.1 Å². The molecule has 0 aliphatic heterocycles. The number of benzene rings is 2. The quantitative estimate of drug-likeness (QED) is 0.417. The molecule has 0 aliphatic rings. The van der Waals surface area contributed by atoms with E-state index in [0.717, 1.165) is 17.7 Å². The van der Waals surface area contributed by atoms with Crippen LogP contribution in [0.1, 0.15) is 30.9 Å². The summed E-state index contributed by atoms with van der Waals surface area (Å²) in [6.45, 7) is 6.47. The number of ether oxygens (including phenoxy) is 2. The van der Waals surface area contributed by atoms with Crippen LogP contribution in [0, 0.1) is 17.0 Å². The zero-order valence-electron chi connectivity index (χ0n) is 15.3. The summed E-state index contributed by atoms with van der Waals surface area (Å²) in [4.78, 5) is 10.1. The van der Waals surface area contributed by atoms with Gasteiger partial charge in [0.05, 0.1) is 9.82 Å². The van der Waals surface area contributed by atoms with Crippen LogP contribution >= 0.6 is 0 Å². The number of nitro groups is 1. The standard InChI is InChI=1S/C18H22N2O6S/c1-12(2)16-6-4-14(10-13(16)3)25-8-9-26-18-7-5-15(27(19,23)24)11-17(18)20(21)22/h4-7,10-12H,8-9H2,1-3H3,(H2,19,23,24). The summed E-state index contributed by atoms with van der Waals surface area (Å²) in [6.07, 6.45) is 0. The maximum absolute atomic E-state index is 11.3. The highest BCUT2D eigenvalue weighted by Gasteiger charge is 2.20. The molecule has 27 heavy (non-hydrogen) atoms. The van der Waals surface area contributed by atoms with Crippen LogP contribution in [0.15, 0.2) is 41.3 Å². The first kappa shape index (κ1) is 20.7. The number of nitrogens with two attached hydrogens (primary N) is 1. The number of nitrogens with zero attached hydrogens (tertiary/aromatic N) is 1. The molecule has 0 saturated heterocycles. The summed E-state index contributed by atoms with van der Waals surface area (Å²) in [5, 5.41) is 16.1. The van der Waals surface area contributed by atoms with E-state index in [1.165, 1.54) is 11.6 Å². The number of rotatable bonds is 8. The molecule has 8 nitrogen and oxygen atoms in total. The van der Waals surface area contributed by atoms with Crippen LogP contribution < -0.4 is 14.6 Å². The van der Waals surface area contributed by atoms with Gasteiger partial charge in [0.25, 0.3) is 0 Å². The molecule has 0 aliphatic carbocycles. The second-order valence-electron chi connectivity index (χ2n) is 6.30. The second-order valence-corrected chi connectivity index (χ2v) is 7.86. The van der Waals surface area contributed by atoms with Gasteiger partial charge in [0, 0.05) is 6.07 Å². The molecular formula is C18H22N2O6S. The Balaban J connectivity index is 2.01. The third-order valence-corrected chi connectivity index (χ3v) is 4.84. The third-order valence-electron chi connectivity index (χ3n) is 3.93. The molecule has 9 heteroatoms. The van der Waals surface area contributed by atoms with Crippen molar-refractivity contribution in [2.75, 3.05) is 13.2 Å². The maximum atomic E-state index is 11.3. The Morgan fingerprint density at radius 2 is 1.78 bits per heavy atom. The molecule has 0 saturated carbocycles. The van der Waals surface area contributed by atoms with Gasteiger partial charge in [0.1, 0.15) is 19.0 Å². The van der Waals surface area contributed by atoms with Crippen LogP contribution in [0.2, 0.25) is 0 Å². The fourth-order valence-electron chi connectivity index (χ4n) is 2.64. The van der Waals surface area contributed by atoms with Crippen molar-refractivity contribution in [1.82, 2.24) is 0 Å². The Labute approximate surface area is 158 Å². The first-order valence-corrected chi connectivity index (χ1v) is 9.81. The fraction of sp³-hybridized carbons (Fsp3) is 0.333. The minimum absolute atomic E-state index is 0.0534. The lowest BCUT2D eigenvalue weighted by Gasteiger charge is -2.13. The summed E-state index contributed by atoms with van der Waals surface area (Å²) < 4.78 is 33.6. The lowest BCUT2D eigenvalue weighted by atomic mass is 9.98. The second kappa shape index (κ2) is 8.36. The molecule has 0 spiro atoms. The Kier molecular flexibility index (Phi) is 6.40. The number of hydrogen-bond donors (Lipinski definition) is 1. The molecule has 0 atom stereocenters. The molecule has 0 unspecified atom stereocenters. The SMILES string of the molecule is Cc1cc(OCCOc2ccc(S(N)(=O)=O)cc2[N+](=O)[O-])ccc1C(C)C. The van der Waals surface area contributed by atoms with E-state index in [-0.39, 0.29) is 23.9 Å². The van der Waals surface area contributed by atoms with Gasteiger partial charge in [-0.1, -0.05) is 19.9 Å². The Hall–Kier alpha value is -2.65. The van der Waals surface area contributed by atoms with Crippen molar-refractivity contribution in [2.45, 2.75) is 31.6 Å². The van der Waals surface area contributed by atoms with Crippen LogP contribution in [0.4, 0.5) is 5.69 Å². The molecule has 0 bridgehead atoms. The van der Waals surface area contributed by atoms with Gasteiger partial charge < -0.3 is 9.47 Å². The number of sulfonamides is 1. The monoisotopic (exact) mass is 394 g/mol. The van der Waals surface area contributed by atoms with Gasteiger partial charge in [0.2, 0.25) is 10.0 Å². The topological polar surface area (TPSA) is 122 Å². The molecule has 2 rings (SSSR count). The number of hydrogen-bond acceptors (Lipinski definition) is 6. The lowest BCUT2D eigenvalue weighted by molar-refractivity contribution is -0.386. The van der Waals surface area contributed by atoms with Crippen molar-refractivity contribution in [2.24, 2.45) is 5.14 Å². The minimum Gasteiger partial charge on any atom is -0.490 e. The van der Waals surface area contributed by atoms with E-state index in [4.69, 9.17) is 14.6 Å². The average Bonchev–Trinajstić information content (AvgIpc) is 2.57. The summed E-state index contributed by atoms with van der Waals surface area (Å²) in [6, 6.07) is 9.04. The molecule has 0 radical (unpaired) electrons. The summed E-state index contributed by atoms with van der Waals surface area (Å²) in [7, 11) is -4.04. The van der Waals surface area contributed by atoms with Gasteiger partial charge in [-0.2, -0.15) is 0 Å². The van der Waals surface area contributed by atoms with Gasteiger partial charge in [-0.3, -0.25) is 10.1 Å². The van der Waals surface area contributed by atoms with E-state index in [0.29, 0.717) is 11.7 Å². The Morgan fingerprint density at radius 1 is 1.11 bits per heavy atom.